The van der Waals surface area contributed by atoms with Gasteiger partial charge in [-0.05, 0) is 30.7 Å². The zero-order valence-corrected chi connectivity index (χ0v) is 11.6. The Bertz CT molecular complexity index is 611. The third kappa shape index (κ3) is 2.40. The van der Waals surface area contributed by atoms with E-state index < -0.39 is 17.8 Å². The fraction of sp³-hybridized carbons (Fsp3) is 0.500. The number of carbonyl (C=O) groups is 1. The Morgan fingerprint density at radius 1 is 1.48 bits per heavy atom. The highest BCUT2D eigenvalue weighted by molar-refractivity contribution is 5.74. The van der Waals surface area contributed by atoms with Crippen molar-refractivity contribution in [2.24, 2.45) is 11.8 Å². The quantitative estimate of drug-likeness (QED) is 0.927. The number of likely N-dealkylation sites (tertiary alicyclic amines) is 1. The summed E-state index contributed by atoms with van der Waals surface area (Å²) in [4.78, 5) is 13.4. The molecule has 0 amide bonds. The maximum Gasteiger partial charge on any atom is 0.321 e. The van der Waals surface area contributed by atoms with Crippen molar-refractivity contribution in [3.05, 3.63) is 35.1 Å². The molecule has 1 aliphatic carbocycles. The van der Waals surface area contributed by atoms with Crippen LogP contribution < -0.4 is 0 Å². The summed E-state index contributed by atoms with van der Waals surface area (Å²) in [6.45, 7) is 0.961. The Morgan fingerprint density at radius 3 is 3.00 bits per heavy atom. The summed E-state index contributed by atoms with van der Waals surface area (Å²) in [5, 5.41) is 18.4. The maximum atomic E-state index is 14.1. The van der Waals surface area contributed by atoms with E-state index in [1.165, 1.54) is 6.07 Å². The van der Waals surface area contributed by atoms with Crippen LogP contribution in [0.3, 0.4) is 0 Å². The van der Waals surface area contributed by atoms with E-state index in [9.17, 15) is 14.3 Å². The Hall–Kier alpha value is -1.93. The van der Waals surface area contributed by atoms with Gasteiger partial charge in [0, 0.05) is 18.7 Å². The lowest BCUT2D eigenvalue weighted by molar-refractivity contribution is -0.143. The van der Waals surface area contributed by atoms with Crippen LogP contribution in [0.15, 0.2) is 18.2 Å². The largest absolute Gasteiger partial charge is 0.480 e. The highest BCUT2D eigenvalue weighted by Crippen LogP contribution is 2.42. The van der Waals surface area contributed by atoms with Gasteiger partial charge in [0.15, 0.2) is 0 Å². The summed E-state index contributed by atoms with van der Waals surface area (Å²) in [6, 6.07) is 6.01. The molecule has 1 aromatic rings. The standard InChI is InChI=1S/C16H17FN2O2/c17-14-10(7-18)3-1-5-12(14)9-19-8-11-4-2-6-13(11)15(19)16(20)21/h1,3,5,11,13,15H,2,4,6,8-9H2,(H,20,21). The van der Waals surface area contributed by atoms with Gasteiger partial charge in [-0.15, -0.1) is 0 Å². The molecule has 110 valence electrons. The van der Waals surface area contributed by atoms with Crippen LogP contribution in [-0.2, 0) is 11.3 Å². The average molecular weight is 288 g/mol. The monoisotopic (exact) mass is 288 g/mol. The van der Waals surface area contributed by atoms with Crippen molar-refractivity contribution in [2.45, 2.75) is 31.8 Å². The van der Waals surface area contributed by atoms with Crippen molar-refractivity contribution in [3.63, 3.8) is 0 Å². The molecular formula is C16H17FN2O2. The lowest BCUT2D eigenvalue weighted by Gasteiger charge is -2.24. The molecule has 4 nitrogen and oxygen atoms in total. The minimum Gasteiger partial charge on any atom is -0.480 e. The Labute approximate surface area is 122 Å². The van der Waals surface area contributed by atoms with Crippen molar-refractivity contribution in [2.75, 3.05) is 6.54 Å². The zero-order chi connectivity index (χ0) is 15.0. The van der Waals surface area contributed by atoms with Crippen LogP contribution in [0.2, 0.25) is 0 Å². The number of hydrogen-bond acceptors (Lipinski definition) is 3. The second-order valence-corrected chi connectivity index (χ2v) is 5.96. The third-order valence-corrected chi connectivity index (χ3v) is 4.81. The summed E-state index contributed by atoms with van der Waals surface area (Å²) in [5.41, 5.74) is 0.416. The molecule has 5 heteroatoms. The molecule has 1 aromatic carbocycles. The summed E-state index contributed by atoms with van der Waals surface area (Å²) < 4.78 is 14.1. The minimum absolute atomic E-state index is 0.0127. The van der Waals surface area contributed by atoms with E-state index in [0.717, 1.165) is 19.3 Å². The second-order valence-electron chi connectivity index (χ2n) is 5.96. The molecule has 0 radical (unpaired) electrons. The highest BCUT2D eigenvalue weighted by atomic mass is 19.1. The fourth-order valence-electron chi connectivity index (χ4n) is 3.90. The number of aliphatic carboxylic acids is 1. The SMILES string of the molecule is N#Cc1cccc(CN2CC3CCCC3C2C(=O)O)c1F. The van der Waals surface area contributed by atoms with Crippen LogP contribution in [0.5, 0.6) is 0 Å². The maximum absolute atomic E-state index is 14.1. The number of carboxylic acids is 1. The van der Waals surface area contributed by atoms with Crippen molar-refractivity contribution in [1.82, 2.24) is 4.90 Å². The van der Waals surface area contributed by atoms with Crippen molar-refractivity contribution >= 4 is 5.97 Å². The van der Waals surface area contributed by atoms with Gasteiger partial charge in [0.05, 0.1) is 5.56 Å². The van der Waals surface area contributed by atoms with Crippen LogP contribution >= 0.6 is 0 Å². The zero-order valence-electron chi connectivity index (χ0n) is 11.6. The number of rotatable bonds is 3. The van der Waals surface area contributed by atoms with Crippen LogP contribution in [0.1, 0.15) is 30.4 Å². The molecule has 3 rings (SSSR count). The van der Waals surface area contributed by atoms with E-state index in [1.54, 1.807) is 12.1 Å². The first-order chi connectivity index (χ1) is 10.1. The molecule has 1 heterocycles. The lowest BCUT2D eigenvalue weighted by Crippen LogP contribution is -2.39. The number of benzene rings is 1. The molecule has 1 saturated heterocycles. The minimum atomic E-state index is -0.818. The van der Waals surface area contributed by atoms with Gasteiger partial charge in [0.2, 0.25) is 0 Å². The van der Waals surface area contributed by atoms with Gasteiger partial charge in [0.1, 0.15) is 17.9 Å². The molecule has 1 aliphatic heterocycles. The summed E-state index contributed by atoms with van der Waals surface area (Å²) in [7, 11) is 0. The first-order valence-electron chi connectivity index (χ1n) is 7.26. The van der Waals surface area contributed by atoms with E-state index in [0.29, 0.717) is 18.0 Å². The van der Waals surface area contributed by atoms with Crippen LogP contribution in [-0.4, -0.2) is 28.6 Å². The molecule has 2 fully saturated rings. The van der Waals surface area contributed by atoms with E-state index in [1.807, 2.05) is 11.0 Å². The van der Waals surface area contributed by atoms with Crippen LogP contribution in [0.4, 0.5) is 4.39 Å². The number of hydrogen-bond donors (Lipinski definition) is 1. The van der Waals surface area contributed by atoms with Gasteiger partial charge < -0.3 is 5.11 Å². The van der Waals surface area contributed by atoms with Gasteiger partial charge in [-0.1, -0.05) is 18.6 Å². The number of nitrogens with zero attached hydrogens (tertiary/aromatic N) is 2. The molecule has 0 spiro atoms. The second kappa shape index (κ2) is 5.45. The molecule has 3 atom stereocenters. The van der Waals surface area contributed by atoms with E-state index in [-0.39, 0.29) is 18.0 Å². The van der Waals surface area contributed by atoms with E-state index in [4.69, 9.17) is 5.26 Å². The fourth-order valence-corrected chi connectivity index (χ4v) is 3.90. The number of carboxylic acid groups (broad SMARTS) is 1. The molecule has 1 N–H and O–H groups in total. The van der Waals surface area contributed by atoms with Crippen LogP contribution in [0.25, 0.3) is 0 Å². The predicted molar refractivity (Wildman–Crippen MR) is 73.8 cm³/mol. The number of fused-ring (bicyclic) bond motifs is 1. The molecule has 2 aliphatic rings. The predicted octanol–water partition coefficient (Wildman–Crippen LogP) is 2.38. The van der Waals surface area contributed by atoms with Gasteiger partial charge >= 0.3 is 5.97 Å². The molecule has 1 saturated carbocycles. The molecule has 0 bridgehead atoms. The molecular weight excluding hydrogens is 271 g/mol. The van der Waals surface area contributed by atoms with Crippen molar-refractivity contribution < 1.29 is 14.3 Å². The number of nitriles is 1. The van der Waals surface area contributed by atoms with Crippen molar-refractivity contribution in [1.29, 1.82) is 5.26 Å². The molecule has 21 heavy (non-hydrogen) atoms. The Balaban J connectivity index is 1.85. The van der Waals surface area contributed by atoms with E-state index >= 15 is 0 Å². The smallest absolute Gasteiger partial charge is 0.321 e. The lowest BCUT2D eigenvalue weighted by atomic mass is 9.94. The van der Waals surface area contributed by atoms with Gasteiger partial charge in [-0.25, -0.2) is 4.39 Å². The normalized spacial score (nSPS) is 28.3. The molecule has 0 aromatic heterocycles. The topological polar surface area (TPSA) is 64.3 Å². The van der Waals surface area contributed by atoms with Crippen molar-refractivity contribution in [3.8, 4) is 6.07 Å². The third-order valence-electron chi connectivity index (χ3n) is 4.81. The first-order valence-corrected chi connectivity index (χ1v) is 7.26. The Kier molecular flexibility index (Phi) is 3.64. The van der Waals surface area contributed by atoms with Gasteiger partial charge in [-0.3, -0.25) is 9.69 Å². The molecule has 3 unspecified atom stereocenters. The first kappa shape index (κ1) is 14.0. The summed E-state index contributed by atoms with van der Waals surface area (Å²) in [5.74, 6) is -0.750. The Morgan fingerprint density at radius 2 is 2.29 bits per heavy atom. The highest BCUT2D eigenvalue weighted by Gasteiger charge is 2.47. The van der Waals surface area contributed by atoms with Gasteiger partial charge in [0.25, 0.3) is 0 Å². The summed E-state index contributed by atoms with van der Waals surface area (Å²) >= 11 is 0. The van der Waals surface area contributed by atoms with E-state index in [2.05, 4.69) is 0 Å². The average Bonchev–Trinajstić information content (AvgIpc) is 3.00. The number of halogens is 1. The summed E-state index contributed by atoms with van der Waals surface area (Å²) in [6.07, 6.45) is 3.09. The van der Waals surface area contributed by atoms with Crippen LogP contribution in [0, 0.1) is 29.0 Å². The van der Waals surface area contributed by atoms with Gasteiger partial charge in [-0.2, -0.15) is 5.26 Å².